The summed E-state index contributed by atoms with van der Waals surface area (Å²) in [5.41, 5.74) is 8.85. The second kappa shape index (κ2) is 4.32. The molecular formula is C15H17N3S. The van der Waals surface area contributed by atoms with Crippen molar-refractivity contribution in [2.75, 3.05) is 12.3 Å². The number of nitrogens with zero attached hydrogens (tertiary/aromatic N) is 2. The minimum atomic E-state index is 0.588. The molecule has 0 unspecified atom stereocenters. The lowest BCUT2D eigenvalue weighted by atomic mass is 9.75. The van der Waals surface area contributed by atoms with Gasteiger partial charge in [-0.05, 0) is 29.9 Å². The van der Waals surface area contributed by atoms with E-state index in [4.69, 9.17) is 5.73 Å². The first-order valence-corrected chi connectivity index (χ1v) is 7.66. The predicted molar refractivity (Wildman–Crippen MR) is 78.1 cm³/mol. The Balaban J connectivity index is 1.64. The normalized spacial score (nSPS) is 25.5. The maximum Gasteiger partial charge on any atom is 0.180 e. The van der Waals surface area contributed by atoms with Gasteiger partial charge in [0, 0.05) is 30.2 Å². The van der Waals surface area contributed by atoms with E-state index >= 15 is 0 Å². The van der Waals surface area contributed by atoms with E-state index in [0.717, 1.165) is 6.54 Å². The fraction of sp³-hybridized carbons (Fsp3) is 0.400. The van der Waals surface area contributed by atoms with Crippen molar-refractivity contribution in [3.8, 4) is 0 Å². The number of hydrogen-bond donors (Lipinski definition) is 1. The van der Waals surface area contributed by atoms with Gasteiger partial charge in [0.1, 0.15) is 0 Å². The molecule has 1 aromatic heterocycles. The summed E-state index contributed by atoms with van der Waals surface area (Å²) in [4.78, 5) is 8.04. The van der Waals surface area contributed by atoms with Gasteiger partial charge in [-0.3, -0.25) is 4.90 Å². The Morgan fingerprint density at radius 1 is 1.26 bits per heavy atom. The van der Waals surface area contributed by atoms with Crippen molar-refractivity contribution in [1.82, 2.24) is 9.88 Å². The average molecular weight is 271 g/mol. The lowest BCUT2D eigenvalue weighted by molar-refractivity contribution is 0.106. The summed E-state index contributed by atoms with van der Waals surface area (Å²) in [5.74, 6) is 0.714. The van der Waals surface area contributed by atoms with E-state index in [-0.39, 0.29) is 0 Å². The molecule has 3 heterocycles. The second-order valence-corrected chi connectivity index (χ2v) is 6.66. The Morgan fingerprint density at radius 3 is 2.89 bits per heavy atom. The van der Waals surface area contributed by atoms with Crippen molar-refractivity contribution >= 4 is 16.5 Å². The molecule has 3 aliphatic rings. The number of piperidine rings is 1. The third-order valence-electron chi connectivity index (χ3n) is 4.41. The molecule has 1 saturated heterocycles. The van der Waals surface area contributed by atoms with Gasteiger partial charge < -0.3 is 5.73 Å². The lowest BCUT2D eigenvalue weighted by Gasteiger charge is -2.46. The van der Waals surface area contributed by atoms with E-state index in [1.807, 2.05) is 6.20 Å². The van der Waals surface area contributed by atoms with Crippen molar-refractivity contribution < 1.29 is 0 Å². The first-order valence-electron chi connectivity index (χ1n) is 6.84. The lowest BCUT2D eigenvalue weighted by Crippen LogP contribution is -2.41. The molecule has 2 aromatic rings. The highest BCUT2D eigenvalue weighted by atomic mass is 32.1. The van der Waals surface area contributed by atoms with Gasteiger partial charge >= 0.3 is 0 Å². The van der Waals surface area contributed by atoms with Crippen molar-refractivity contribution in [3.05, 3.63) is 46.5 Å². The van der Waals surface area contributed by atoms with Crippen molar-refractivity contribution in [1.29, 1.82) is 0 Å². The molecule has 98 valence electrons. The van der Waals surface area contributed by atoms with Crippen molar-refractivity contribution in [3.63, 3.8) is 0 Å². The number of anilines is 1. The minimum absolute atomic E-state index is 0.588. The number of fused-ring (bicyclic) bond motifs is 2. The van der Waals surface area contributed by atoms with E-state index in [1.54, 1.807) is 22.5 Å². The van der Waals surface area contributed by atoms with Crippen LogP contribution in [0.1, 0.15) is 40.8 Å². The highest BCUT2D eigenvalue weighted by Gasteiger charge is 2.37. The summed E-state index contributed by atoms with van der Waals surface area (Å²) < 4.78 is 0. The predicted octanol–water partition coefficient (Wildman–Crippen LogP) is 3.16. The molecule has 19 heavy (non-hydrogen) atoms. The average Bonchev–Trinajstić information content (AvgIpc) is 2.85. The minimum Gasteiger partial charge on any atom is -0.375 e. The van der Waals surface area contributed by atoms with Crippen LogP contribution in [0.15, 0.2) is 30.5 Å². The molecule has 0 spiro atoms. The number of benzene rings is 1. The monoisotopic (exact) mass is 271 g/mol. The summed E-state index contributed by atoms with van der Waals surface area (Å²) in [6.45, 7) is 2.17. The molecule has 2 aliphatic heterocycles. The van der Waals surface area contributed by atoms with E-state index in [0.29, 0.717) is 17.1 Å². The van der Waals surface area contributed by atoms with Crippen LogP contribution in [0.5, 0.6) is 0 Å². The van der Waals surface area contributed by atoms with Gasteiger partial charge in [-0.1, -0.05) is 24.3 Å². The zero-order valence-corrected chi connectivity index (χ0v) is 11.6. The fourth-order valence-electron chi connectivity index (χ4n) is 3.61. The molecular weight excluding hydrogens is 254 g/mol. The Morgan fingerprint density at radius 2 is 2.11 bits per heavy atom. The third-order valence-corrected chi connectivity index (χ3v) is 5.22. The Hall–Kier alpha value is -1.39. The van der Waals surface area contributed by atoms with Gasteiger partial charge in [-0.15, -0.1) is 11.3 Å². The molecule has 0 amide bonds. The van der Waals surface area contributed by atoms with Crippen LogP contribution in [0.3, 0.4) is 0 Å². The Kier molecular flexibility index (Phi) is 2.60. The molecule has 2 bridgehead atoms. The summed E-state index contributed by atoms with van der Waals surface area (Å²) >= 11 is 1.62. The zero-order valence-electron chi connectivity index (χ0n) is 10.7. The maximum atomic E-state index is 5.73. The van der Waals surface area contributed by atoms with Crippen molar-refractivity contribution in [2.45, 2.75) is 31.3 Å². The first kappa shape index (κ1) is 11.4. The summed E-state index contributed by atoms with van der Waals surface area (Å²) in [7, 11) is 0. The zero-order chi connectivity index (χ0) is 12.8. The topological polar surface area (TPSA) is 42.1 Å². The SMILES string of the molecule is Nc1ncc(CN2C[C@H]3CC[C@H]2c2ccccc23)s1. The van der Waals surface area contributed by atoms with E-state index in [1.165, 1.54) is 24.3 Å². The van der Waals surface area contributed by atoms with Crippen LogP contribution in [-0.2, 0) is 6.54 Å². The number of rotatable bonds is 2. The van der Waals surface area contributed by atoms with Crippen molar-refractivity contribution in [2.24, 2.45) is 0 Å². The molecule has 1 aliphatic carbocycles. The maximum absolute atomic E-state index is 5.73. The molecule has 1 fully saturated rings. The fourth-order valence-corrected chi connectivity index (χ4v) is 4.32. The van der Waals surface area contributed by atoms with E-state index in [9.17, 15) is 0 Å². The molecule has 0 saturated carbocycles. The molecule has 5 rings (SSSR count). The standard InChI is InChI=1S/C15H17N3S/c16-15-17-7-11(19-15)9-18-8-10-5-6-14(18)13-4-2-1-3-12(10)13/h1-4,7,10,14H,5-6,8-9H2,(H2,16,17)/t10-,14+/m1/s1. The summed E-state index contributed by atoms with van der Waals surface area (Å²) in [6, 6.07) is 9.55. The molecule has 3 nitrogen and oxygen atoms in total. The van der Waals surface area contributed by atoms with E-state index in [2.05, 4.69) is 34.1 Å². The van der Waals surface area contributed by atoms with Gasteiger partial charge in [0.25, 0.3) is 0 Å². The van der Waals surface area contributed by atoms with Gasteiger partial charge in [0.2, 0.25) is 0 Å². The molecule has 0 radical (unpaired) electrons. The second-order valence-electron chi connectivity index (χ2n) is 5.51. The first-order chi connectivity index (χ1) is 9.31. The van der Waals surface area contributed by atoms with Gasteiger partial charge in [0.15, 0.2) is 5.13 Å². The van der Waals surface area contributed by atoms with Crippen LogP contribution < -0.4 is 5.73 Å². The number of thiazole rings is 1. The van der Waals surface area contributed by atoms with Crippen LogP contribution in [-0.4, -0.2) is 16.4 Å². The highest BCUT2D eigenvalue weighted by molar-refractivity contribution is 7.15. The summed E-state index contributed by atoms with van der Waals surface area (Å²) in [6.07, 6.45) is 4.55. The number of aromatic nitrogens is 1. The Labute approximate surface area is 117 Å². The van der Waals surface area contributed by atoms with Crippen LogP contribution in [0.25, 0.3) is 0 Å². The largest absolute Gasteiger partial charge is 0.375 e. The molecule has 2 N–H and O–H groups in total. The van der Waals surface area contributed by atoms with Gasteiger partial charge in [0.05, 0.1) is 0 Å². The molecule has 1 aromatic carbocycles. The molecule has 2 atom stereocenters. The van der Waals surface area contributed by atoms with Gasteiger partial charge in [-0.2, -0.15) is 0 Å². The smallest absolute Gasteiger partial charge is 0.180 e. The van der Waals surface area contributed by atoms with Crippen LogP contribution in [0.4, 0.5) is 5.13 Å². The van der Waals surface area contributed by atoms with Crippen LogP contribution in [0, 0.1) is 0 Å². The number of hydrogen-bond acceptors (Lipinski definition) is 4. The molecule has 4 heteroatoms. The van der Waals surface area contributed by atoms with Gasteiger partial charge in [-0.25, -0.2) is 4.98 Å². The van der Waals surface area contributed by atoms with E-state index < -0.39 is 0 Å². The van der Waals surface area contributed by atoms with Crippen LogP contribution in [0.2, 0.25) is 0 Å². The Bertz CT molecular complexity index is 607. The summed E-state index contributed by atoms with van der Waals surface area (Å²) in [5, 5.41) is 0.678. The quantitative estimate of drug-likeness (QED) is 0.912. The number of nitrogens with two attached hydrogens (primary N) is 1. The third kappa shape index (κ3) is 1.86. The van der Waals surface area contributed by atoms with Crippen LogP contribution >= 0.6 is 11.3 Å². The number of nitrogen functional groups attached to an aromatic ring is 1. The highest BCUT2D eigenvalue weighted by Crippen LogP contribution is 2.47.